The first-order valence-electron chi connectivity index (χ1n) is 11.5. The van der Waals surface area contributed by atoms with Crippen LogP contribution >= 0.6 is 11.8 Å². The number of rotatable bonds is 4. The molecule has 3 nitrogen and oxygen atoms in total. The average molecular weight is 409 g/mol. The van der Waals surface area contributed by atoms with E-state index in [1.807, 2.05) is 0 Å². The second-order valence-electron chi connectivity index (χ2n) is 10.2. The second kappa shape index (κ2) is 7.65. The highest BCUT2D eigenvalue weighted by atomic mass is 32.2. The number of benzene rings is 1. The first kappa shape index (κ1) is 19.5. The van der Waals surface area contributed by atoms with E-state index < -0.39 is 5.92 Å². The van der Waals surface area contributed by atoms with Gasteiger partial charge in [0.2, 0.25) is 5.91 Å². The van der Waals surface area contributed by atoms with Crippen LogP contribution in [0, 0.1) is 52.8 Å². The van der Waals surface area contributed by atoms with Gasteiger partial charge in [-0.05, 0) is 79.4 Å². The van der Waals surface area contributed by atoms with Gasteiger partial charge in [-0.25, -0.2) is 0 Å². The van der Waals surface area contributed by atoms with Crippen LogP contribution in [0.4, 0.5) is 0 Å². The molecule has 1 aliphatic heterocycles. The van der Waals surface area contributed by atoms with Crippen LogP contribution in [0.25, 0.3) is 0 Å². The number of carbonyl (C=O) groups is 1. The molecule has 3 aliphatic carbocycles. The van der Waals surface area contributed by atoms with E-state index in [1.165, 1.54) is 42.6 Å². The number of amides is 1. The summed E-state index contributed by atoms with van der Waals surface area (Å²) in [7, 11) is 0. The molecule has 0 spiro atoms. The Kier molecular flexibility index (Phi) is 5.14. The lowest BCUT2D eigenvalue weighted by Gasteiger charge is -2.46. The van der Waals surface area contributed by atoms with Crippen LogP contribution in [-0.4, -0.2) is 17.2 Å². The lowest BCUT2D eigenvalue weighted by atomic mass is 9.63. The predicted molar refractivity (Wildman–Crippen MR) is 116 cm³/mol. The Balaban J connectivity index is 1.33. The van der Waals surface area contributed by atoms with E-state index in [-0.39, 0.29) is 17.9 Å². The van der Waals surface area contributed by atoms with Gasteiger partial charge in [0.25, 0.3) is 0 Å². The molecule has 1 N–H and O–H groups in total. The summed E-state index contributed by atoms with van der Waals surface area (Å²) in [5, 5.41) is 13.6. The molecule has 4 heteroatoms. The van der Waals surface area contributed by atoms with Gasteiger partial charge in [-0.1, -0.05) is 32.4 Å². The Morgan fingerprint density at radius 1 is 1.07 bits per heavy atom. The van der Waals surface area contributed by atoms with Gasteiger partial charge in [0.05, 0.1) is 6.07 Å². The fourth-order valence-electron chi connectivity index (χ4n) is 7.27. The zero-order chi connectivity index (χ0) is 20.1. The summed E-state index contributed by atoms with van der Waals surface area (Å²) in [6, 6.07) is 11.9. The van der Waals surface area contributed by atoms with Crippen LogP contribution in [0.2, 0.25) is 0 Å². The smallest absolute Gasteiger partial charge is 0.237 e. The zero-order valence-corrected chi connectivity index (χ0v) is 18.3. The molecule has 8 unspecified atom stereocenters. The number of nitriles is 1. The molecule has 4 fully saturated rings. The van der Waals surface area contributed by atoms with Crippen molar-refractivity contribution in [3.05, 3.63) is 29.8 Å². The number of nitrogens with zero attached hydrogens (tertiary/aromatic N) is 1. The molecule has 4 aliphatic rings. The van der Waals surface area contributed by atoms with Gasteiger partial charge in [-0.3, -0.25) is 4.79 Å². The molecule has 8 atom stereocenters. The third-order valence-electron chi connectivity index (χ3n) is 8.16. The lowest BCUT2D eigenvalue weighted by Crippen LogP contribution is -2.43. The molecule has 0 radical (unpaired) electrons. The monoisotopic (exact) mass is 408 g/mol. The van der Waals surface area contributed by atoms with Crippen molar-refractivity contribution >= 4 is 17.7 Å². The highest BCUT2D eigenvalue weighted by Gasteiger charge is 2.62. The second-order valence-corrected chi connectivity index (χ2v) is 11.5. The molecule has 1 aromatic carbocycles. The number of carbonyl (C=O) groups excluding carboxylic acids is 1. The minimum absolute atomic E-state index is 0.000981. The Bertz CT molecular complexity index is 813. The van der Waals surface area contributed by atoms with Crippen LogP contribution in [0.1, 0.15) is 51.5 Å². The molecule has 0 aromatic heterocycles. The summed E-state index contributed by atoms with van der Waals surface area (Å²) in [5.41, 5.74) is 1.44. The third kappa shape index (κ3) is 3.30. The molecule has 0 bridgehead atoms. The predicted octanol–water partition coefficient (Wildman–Crippen LogP) is 5.06. The zero-order valence-electron chi connectivity index (χ0n) is 17.5. The molecule has 29 heavy (non-hydrogen) atoms. The van der Waals surface area contributed by atoms with E-state index in [0.29, 0.717) is 28.9 Å². The highest BCUT2D eigenvalue weighted by Crippen LogP contribution is 2.61. The maximum absolute atomic E-state index is 12.3. The summed E-state index contributed by atoms with van der Waals surface area (Å²) in [4.78, 5) is 13.7. The molecule has 1 saturated heterocycles. The van der Waals surface area contributed by atoms with Crippen LogP contribution in [0.15, 0.2) is 29.2 Å². The normalized spacial score (nSPS) is 40.3. The lowest BCUT2D eigenvalue weighted by molar-refractivity contribution is -0.122. The van der Waals surface area contributed by atoms with Crippen molar-refractivity contribution in [1.29, 1.82) is 5.26 Å². The molecule has 5 rings (SSSR count). The highest BCUT2D eigenvalue weighted by molar-refractivity contribution is 8.00. The van der Waals surface area contributed by atoms with Gasteiger partial charge in [0, 0.05) is 22.1 Å². The molecule has 1 amide bonds. The molecule has 154 valence electrons. The van der Waals surface area contributed by atoms with Gasteiger partial charge >= 0.3 is 0 Å². The third-order valence-corrected chi connectivity index (χ3v) is 9.59. The first-order valence-corrected chi connectivity index (χ1v) is 12.4. The van der Waals surface area contributed by atoms with Crippen LogP contribution in [0.5, 0.6) is 0 Å². The van der Waals surface area contributed by atoms with Crippen molar-refractivity contribution in [1.82, 2.24) is 5.32 Å². The maximum atomic E-state index is 12.3. The largest absolute Gasteiger partial charge is 0.352 e. The summed E-state index contributed by atoms with van der Waals surface area (Å²) < 4.78 is 0. The summed E-state index contributed by atoms with van der Waals surface area (Å²) in [6.07, 6.45) is 7.40. The Morgan fingerprint density at radius 2 is 1.83 bits per heavy atom. The Morgan fingerprint density at radius 3 is 2.55 bits per heavy atom. The minimum Gasteiger partial charge on any atom is -0.352 e. The van der Waals surface area contributed by atoms with Crippen molar-refractivity contribution in [3.63, 3.8) is 0 Å². The van der Waals surface area contributed by atoms with Gasteiger partial charge in [0.1, 0.15) is 5.92 Å². The topological polar surface area (TPSA) is 52.9 Å². The van der Waals surface area contributed by atoms with Crippen molar-refractivity contribution in [3.8, 4) is 6.07 Å². The summed E-state index contributed by atoms with van der Waals surface area (Å²) >= 11 is 2.09. The number of hydrogen-bond donors (Lipinski definition) is 1. The Labute approximate surface area is 179 Å². The van der Waals surface area contributed by atoms with Crippen molar-refractivity contribution < 1.29 is 4.79 Å². The summed E-state index contributed by atoms with van der Waals surface area (Å²) in [5.74, 6) is 3.19. The number of fused-ring (bicyclic) bond motifs is 3. The molecule has 1 aromatic rings. The quantitative estimate of drug-likeness (QED) is 0.758. The molecular formula is C25H32N2OS. The van der Waals surface area contributed by atoms with Crippen LogP contribution in [0.3, 0.4) is 0 Å². The van der Waals surface area contributed by atoms with Gasteiger partial charge in [0.15, 0.2) is 0 Å². The van der Waals surface area contributed by atoms with Crippen molar-refractivity contribution in [2.75, 3.05) is 0 Å². The first-order chi connectivity index (χ1) is 14.1. The van der Waals surface area contributed by atoms with Gasteiger partial charge in [-0.15, -0.1) is 11.8 Å². The van der Waals surface area contributed by atoms with E-state index in [1.54, 1.807) is 0 Å². The van der Waals surface area contributed by atoms with E-state index in [2.05, 4.69) is 61.3 Å². The SMILES string of the molecule is CC(C)Cc1ccc(SC2CCC3C4C2CCCC4C2NC(=O)C(C#N)C32)cc1. The standard InChI is InChI=1S/C25H32N2OS/c1-14(2)12-15-6-8-16(9-7-15)29-21-11-10-18-22-17(21)4-3-5-19(22)24-23(18)20(13-26)25(28)27-24/h6-9,14,17-24H,3-5,10-12H2,1-2H3,(H,27,28). The number of thioether (sulfide) groups is 1. The van der Waals surface area contributed by atoms with Crippen LogP contribution in [-0.2, 0) is 11.2 Å². The number of nitrogens with one attached hydrogen (secondary N) is 1. The van der Waals surface area contributed by atoms with Gasteiger partial charge in [-0.2, -0.15) is 5.26 Å². The van der Waals surface area contributed by atoms with E-state index in [9.17, 15) is 10.1 Å². The van der Waals surface area contributed by atoms with Crippen LogP contribution < -0.4 is 5.32 Å². The minimum atomic E-state index is -0.408. The van der Waals surface area contributed by atoms with Crippen molar-refractivity contribution in [2.24, 2.45) is 41.4 Å². The number of hydrogen-bond acceptors (Lipinski definition) is 3. The van der Waals surface area contributed by atoms with E-state index in [4.69, 9.17) is 0 Å². The maximum Gasteiger partial charge on any atom is 0.237 e. The fraction of sp³-hybridized carbons (Fsp3) is 0.680. The summed E-state index contributed by atoms with van der Waals surface area (Å²) in [6.45, 7) is 4.55. The van der Waals surface area contributed by atoms with Gasteiger partial charge < -0.3 is 5.32 Å². The molecule has 1 heterocycles. The van der Waals surface area contributed by atoms with E-state index >= 15 is 0 Å². The molecular weight excluding hydrogens is 376 g/mol. The van der Waals surface area contributed by atoms with Crippen molar-refractivity contribution in [2.45, 2.75) is 68.6 Å². The van der Waals surface area contributed by atoms with E-state index in [0.717, 1.165) is 12.3 Å². The fourth-order valence-corrected chi connectivity index (χ4v) is 8.66. The average Bonchev–Trinajstić information content (AvgIpc) is 3.19. The molecule has 3 saturated carbocycles. The Hall–Kier alpha value is -1.47.